The molecule has 0 spiro atoms. The Morgan fingerprint density at radius 2 is 2.10 bits per heavy atom. The Labute approximate surface area is 113 Å². The van der Waals surface area contributed by atoms with Crippen LogP contribution in [0.4, 0.5) is 20.2 Å². The van der Waals surface area contributed by atoms with Crippen molar-refractivity contribution < 1.29 is 18.5 Å². The molecule has 8 heteroatoms. The lowest BCUT2D eigenvalue weighted by Crippen LogP contribution is -2.48. The first-order valence-corrected chi connectivity index (χ1v) is 6.05. The van der Waals surface area contributed by atoms with E-state index in [1.54, 1.807) is 6.92 Å². The first-order chi connectivity index (χ1) is 9.40. The Morgan fingerprint density at radius 1 is 1.45 bits per heavy atom. The summed E-state index contributed by atoms with van der Waals surface area (Å²) in [5.74, 6) is -2.98. The molecule has 0 bridgehead atoms. The zero-order valence-electron chi connectivity index (χ0n) is 10.7. The molecule has 1 aliphatic heterocycles. The highest BCUT2D eigenvalue weighted by Crippen LogP contribution is 2.26. The second-order valence-corrected chi connectivity index (χ2v) is 4.74. The third-order valence-electron chi connectivity index (χ3n) is 3.42. The third-order valence-corrected chi connectivity index (χ3v) is 3.42. The van der Waals surface area contributed by atoms with Gasteiger partial charge in [-0.05, 0) is 19.0 Å². The van der Waals surface area contributed by atoms with Crippen molar-refractivity contribution in [3.8, 4) is 0 Å². The molecule has 1 amide bonds. The predicted molar refractivity (Wildman–Crippen MR) is 67.2 cm³/mol. The normalized spacial score (nSPS) is 16.4. The van der Waals surface area contributed by atoms with Gasteiger partial charge in [-0.15, -0.1) is 0 Å². The van der Waals surface area contributed by atoms with Crippen molar-refractivity contribution in [2.75, 3.05) is 18.4 Å². The monoisotopic (exact) mass is 285 g/mol. The fraction of sp³-hybridized carbons (Fsp3) is 0.417. The molecule has 1 aromatic rings. The van der Waals surface area contributed by atoms with Gasteiger partial charge in [0.05, 0.1) is 10.6 Å². The van der Waals surface area contributed by atoms with E-state index in [9.17, 15) is 23.7 Å². The summed E-state index contributed by atoms with van der Waals surface area (Å²) in [6, 6.07) is 1.08. The van der Waals surface area contributed by atoms with E-state index in [0.29, 0.717) is 25.2 Å². The average molecular weight is 285 g/mol. The minimum atomic E-state index is -1.28. The van der Waals surface area contributed by atoms with Gasteiger partial charge in [-0.25, -0.2) is 4.39 Å². The SMILES string of the molecule is CC(C(=O)Nc1cc([N+](=O)[O-])c(F)cc1F)C1CNC1. The molecule has 1 aliphatic rings. The number of nitro groups is 1. The van der Waals surface area contributed by atoms with Crippen molar-refractivity contribution in [3.05, 3.63) is 33.9 Å². The summed E-state index contributed by atoms with van der Waals surface area (Å²) in [5.41, 5.74) is -1.26. The molecule has 0 saturated carbocycles. The molecule has 1 heterocycles. The number of anilines is 1. The Morgan fingerprint density at radius 3 is 2.60 bits per heavy atom. The van der Waals surface area contributed by atoms with Crippen LogP contribution < -0.4 is 10.6 Å². The van der Waals surface area contributed by atoms with Crippen LogP contribution in [0.2, 0.25) is 0 Å². The molecule has 20 heavy (non-hydrogen) atoms. The van der Waals surface area contributed by atoms with Crippen molar-refractivity contribution >= 4 is 17.3 Å². The van der Waals surface area contributed by atoms with Gasteiger partial charge in [0.25, 0.3) is 0 Å². The van der Waals surface area contributed by atoms with Crippen LogP contribution >= 0.6 is 0 Å². The van der Waals surface area contributed by atoms with E-state index >= 15 is 0 Å². The molecule has 1 fully saturated rings. The number of hydrogen-bond donors (Lipinski definition) is 2. The number of carbonyl (C=O) groups is 1. The number of nitro benzene ring substituents is 1. The fourth-order valence-electron chi connectivity index (χ4n) is 1.90. The first kappa shape index (κ1) is 14.3. The molecule has 0 aromatic heterocycles. The Bertz CT molecular complexity index is 561. The van der Waals surface area contributed by atoms with Crippen molar-refractivity contribution in [3.63, 3.8) is 0 Å². The molecule has 6 nitrogen and oxygen atoms in total. The molecule has 2 rings (SSSR count). The molecule has 108 valence electrons. The van der Waals surface area contributed by atoms with Crippen molar-refractivity contribution in [1.29, 1.82) is 0 Å². The van der Waals surface area contributed by atoms with Crippen LogP contribution in [0.1, 0.15) is 6.92 Å². The standard InChI is InChI=1S/C12H13F2N3O3/c1-6(7-4-15-5-7)12(18)16-10-3-11(17(19)20)9(14)2-8(10)13/h2-3,6-7,15H,4-5H2,1H3,(H,16,18). The number of rotatable bonds is 4. The Kier molecular flexibility index (Phi) is 3.93. The van der Waals surface area contributed by atoms with Crippen molar-refractivity contribution in [2.24, 2.45) is 11.8 Å². The van der Waals surface area contributed by atoms with Crippen LogP contribution in [0, 0.1) is 33.6 Å². The molecule has 1 unspecified atom stereocenters. The number of hydrogen-bond acceptors (Lipinski definition) is 4. The van der Waals surface area contributed by atoms with E-state index in [-0.39, 0.29) is 17.5 Å². The molecule has 1 aromatic carbocycles. The van der Waals surface area contributed by atoms with Gasteiger partial charge in [0, 0.05) is 18.1 Å². The lowest BCUT2D eigenvalue weighted by molar-refractivity contribution is -0.387. The predicted octanol–water partition coefficient (Wildman–Crippen LogP) is 1.67. The molecule has 0 aliphatic carbocycles. The van der Waals surface area contributed by atoms with E-state index in [0.717, 1.165) is 0 Å². The highest BCUT2D eigenvalue weighted by Gasteiger charge is 2.29. The van der Waals surface area contributed by atoms with E-state index in [1.807, 2.05) is 0 Å². The molecular weight excluding hydrogens is 272 g/mol. The van der Waals surface area contributed by atoms with Crippen LogP contribution in [0.5, 0.6) is 0 Å². The number of carbonyl (C=O) groups excluding carboxylic acids is 1. The van der Waals surface area contributed by atoms with Crippen LogP contribution in [0.25, 0.3) is 0 Å². The fourth-order valence-corrected chi connectivity index (χ4v) is 1.90. The zero-order chi connectivity index (χ0) is 14.9. The quantitative estimate of drug-likeness (QED) is 0.651. The lowest BCUT2D eigenvalue weighted by atomic mass is 9.88. The van der Waals surface area contributed by atoms with Gasteiger partial charge in [0.1, 0.15) is 5.82 Å². The maximum atomic E-state index is 13.5. The molecule has 1 saturated heterocycles. The number of nitrogens with one attached hydrogen (secondary N) is 2. The van der Waals surface area contributed by atoms with Crippen LogP contribution in [-0.4, -0.2) is 23.9 Å². The van der Waals surface area contributed by atoms with Gasteiger partial charge >= 0.3 is 5.69 Å². The second-order valence-electron chi connectivity index (χ2n) is 4.74. The minimum absolute atomic E-state index is 0.147. The highest BCUT2D eigenvalue weighted by molar-refractivity contribution is 5.93. The number of amides is 1. The van der Waals surface area contributed by atoms with Crippen LogP contribution in [0.15, 0.2) is 12.1 Å². The van der Waals surface area contributed by atoms with E-state index in [2.05, 4.69) is 10.6 Å². The topological polar surface area (TPSA) is 84.3 Å². The van der Waals surface area contributed by atoms with Crippen molar-refractivity contribution in [2.45, 2.75) is 6.92 Å². The lowest BCUT2D eigenvalue weighted by Gasteiger charge is -2.31. The largest absolute Gasteiger partial charge is 0.323 e. The third kappa shape index (κ3) is 2.74. The second kappa shape index (κ2) is 5.49. The van der Waals surface area contributed by atoms with Gasteiger partial charge in [-0.1, -0.05) is 6.92 Å². The van der Waals surface area contributed by atoms with E-state index < -0.39 is 28.2 Å². The van der Waals surface area contributed by atoms with Crippen LogP contribution in [-0.2, 0) is 4.79 Å². The number of halogens is 2. The van der Waals surface area contributed by atoms with Gasteiger partial charge in [0.15, 0.2) is 0 Å². The summed E-state index contributed by atoms with van der Waals surface area (Å²) in [4.78, 5) is 21.5. The molecule has 1 atom stereocenters. The summed E-state index contributed by atoms with van der Waals surface area (Å²) >= 11 is 0. The summed E-state index contributed by atoms with van der Waals surface area (Å²) in [6.07, 6.45) is 0. The summed E-state index contributed by atoms with van der Waals surface area (Å²) in [7, 11) is 0. The highest BCUT2D eigenvalue weighted by atomic mass is 19.1. The minimum Gasteiger partial charge on any atom is -0.323 e. The average Bonchev–Trinajstić information content (AvgIpc) is 2.29. The number of benzene rings is 1. The van der Waals surface area contributed by atoms with Gasteiger partial charge in [-0.2, -0.15) is 4.39 Å². The Balaban J connectivity index is 2.17. The van der Waals surface area contributed by atoms with Crippen molar-refractivity contribution in [1.82, 2.24) is 5.32 Å². The summed E-state index contributed by atoms with van der Waals surface area (Å²) in [6.45, 7) is 3.08. The van der Waals surface area contributed by atoms with E-state index in [4.69, 9.17) is 0 Å². The smallest absolute Gasteiger partial charge is 0.307 e. The first-order valence-electron chi connectivity index (χ1n) is 6.05. The van der Waals surface area contributed by atoms with Gasteiger partial charge in [-0.3, -0.25) is 14.9 Å². The van der Waals surface area contributed by atoms with Crippen LogP contribution in [0.3, 0.4) is 0 Å². The van der Waals surface area contributed by atoms with Gasteiger partial charge in [0.2, 0.25) is 11.7 Å². The Hall–Kier alpha value is -2.09. The summed E-state index contributed by atoms with van der Waals surface area (Å²) < 4.78 is 26.7. The number of nitrogens with zero attached hydrogens (tertiary/aromatic N) is 1. The maximum absolute atomic E-state index is 13.5. The molecule has 2 N–H and O–H groups in total. The van der Waals surface area contributed by atoms with E-state index in [1.165, 1.54) is 0 Å². The molecule has 0 radical (unpaired) electrons. The maximum Gasteiger partial charge on any atom is 0.307 e. The zero-order valence-corrected chi connectivity index (χ0v) is 10.7. The summed E-state index contributed by atoms with van der Waals surface area (Å²) in [5, 5.41) is 15.9. The van der Waals surface area contributed by atoms with Gasteiger partial charge < -0.3 is 10.6 Å². The molecular formula is C12H13F2N3O3.